The number of nitrogens with zero attached hydrogens (tertiary/aromatic N) is 3. The molecular formula is C30H39N3O3. The van der Waals surface area contributed by atoms with E-state index in [1.165, 1.54) is 17.8 Å². The number of carboxylic acid groups (broad SMARTS) is 1. The van der Waals surface area contributed by atoms with E-state index in [0.717, 1.165) is 75.5 Å². The van der Waals surface area contributed by atoms with Crippen LogP contribution in [0.15, 0.2) is 54.6 Å². The van der Waals surface area contributed by atoms with Gasteiger partial charge in [-0.2, -0.15) is 0 Å². The van der Waals surface area contributed by atoms with Crippen molar-refractivity contribution in [1.29, 1.82) is 0 Å². The van der Waals surface area contributed by atoms with Crippen LogP contribution in [0.4, 0.5) is 17.1 Å². The number of piperidine rings is 1. The van der Waals surface area contributed by atoms with Crippen molar-refractivity contribution in [1.82, 2.24) is 0 Å². The molecule has 2 aromatic carbocycles. The molecule has 192 valence electrons. The van der Waals surface area contributed by atoms with Gasteiger partial charge in [-0.3, -0.25) is 4.79 Å². The maximum Gasteiger partial charge on any atom is 0.328 e. The Bertz CT molecular complexity index is 1050. The molecule has 1 aliphatic heterocycles. The van der Waals surface area contributed by atoms with E-state index in [1.54, 1.807) is 6.08 Å². The summed E-state index contributed by atoms with van der Waals surface area (Å²) in [6, 6.07) is 16.5. The van der Waals surface area contributed by atoms with Gasteiger partial charge in [-0.25, -0.2) is 4.79 Å². The van der Waals surface area contributed by atoms with Crippen LogP contribution in [0.3, 0.4) is 0 Å². The molecule has 2 fully saturated rings. The van der Waals surface area contributed by atoms with Crippen molar-refractivity contribution < 1.29 is 14.7 Å². The van der Waals surface area contributed by atoms with Crippen molar-refractivity contribution in [3.05, 3.63) is 60.2 Å². The molecule has 1 saturated carbocycles. The predicted octanol–water partition coefficient (Wildman–Crippen LogP) is 5.68. The van der Waals surface area contributed by atoms with Gasteiger partial charge in [0.15, 0.2) is 0 Å². The zero-order chi connectivity index (χ0) is 25.5. The van der Waals surface area contributed by atoms with Crippen LogP contribution >= 0.6 is 0 Å². The van der Waals surface area contributed by atoms with Gasteiger partial charge in [-0.1, -0.05) is 31.4 Å². The number of hydrogen-bond acceptors (Lipinski definition) is 4. The van der Waals surface area contributed by atoms with Gasteiger partial charge in [-0.05, 0) is 79.6 Å². The number of benzene rings is 2. The second-order valence-electron chi connectivity index (χ2n) is 10.4. The summed E-state index contributed by atoms with van der Waals surface area (Å²) >= 11 is 0. The smallest absolute Gasteiger partial charge is 0.328 e. The first-order valence-electron chi connectivity index (χ1n) is 13.3. The van der Waals surface area contributed by atoms with Crippen molar-refractivity contribution in [2.45, 2.75) is 44.9 Å². The Hall–Kier alpha value is -3.28. The Morgan fingerprint density at radius 3 is 2.28 bits per heavy atom. The minimum absolute atomic E-state index is 0.0901. The third-order valence-corrected chi connectivity index (χ3v) is 7.61. The maximum atomic E-state index is 13.7. The highest BCUT2D eigenvalue weighted by Gasteiger charge is 2.30. The van der Waals surface area contributed by atoms with Crippen LogP contribution in [0.5, 0.6) is 0 Å². The number of rotatable bonds is 8. The van der Waals surface area contributed by atoms with Crippen molar-refractivity contribution in [3.63, 3.8) is 0 Å². The van der Waals surface area contributed by atoms with Gasteiger partial charge < -0.3 is 19.8 Å². The molecule has 0 radical (unpaired) electrons. The first-order valence-corrected chi connectivity index (χ1v) is 13.3. The fourth-order valence-electron chi connectivity index (χ4n) is 5.45. The summed E-state index contributed by atoms with van der Waals surface area (Å²) in [5.41, 5.74) is 4.13. The van der Waals surface area contributed by atoms with Gasteiger partial charge in [-0.15, -0.1) is 0 Å². The molecular weight excluding hydrogens is 450 g/mol. The fourth-order valence-corrected chi connectivity index (χ4v) is 5.45. The highest BCUT2D eigenvalue weighted by Crippen LogP contribution is 2.31. The summed E-state index contributed by atoms with van der Waals surface area (Å²) in [5.74, 6) is -0.213. The van der Waals surface area contributed by atoms with E-state index in [1.807, 2.05) is 29.2 Å². The third kappa shape index (κ3) is 6.68. The minimum Gasteiger partial charge on any atom is -0.478 e. The van der Waals surface area contributed by atoms with E-state index >= 15 is 0 Å². The van der Waals surface area contributed by atoms with Crippen LogP contribution in [-0.4, -0.2) is 50.7 Å². The fraction of sp³-hybridized carbons (Fsp3) is 0.467. The zero-order valence-corrected chi connectivity index (χ0v) is 21.6. The lowest BCUT2D eigenvalue weighted by Crippen LogP contribution is -2.43. The molecule has 0 unspecified atom stereocenters. The Labute approximate surface area is 215 Å². The lowest BCUT2D eigenvalue weighted by atomic mass is 9.87. The number of anilines is 3. The van der Waals surface area contributed by atoms with Gasteiger partial charge in [0, 0.05) is 62.8 Å². The van der Waals surface area contributed by atoms with Gasteiger partial charge >= 0.3 is 5.97 Å². The molecule has 0 spiro atoms. The first-order chi connectivity index (χ1) is 17.4. The number of hydrogen-bond donors (Lipinski definition) is 1. The van der Waals surface area contributed by atoms with Crippen molar-refractivity contribution >= 4 is 35.0 Å². The Morgan fingerprint density at radius 1 is 0.944 bits per heavy atom. The van der Waals surface area contributed by atoms with Gasteiger partial charge in [0.25, 0.3) is 0 Å². The van der Waals surface area contributed by atoms with Crippen LogP contribution in [0, 0.1) is 11.8 Å². The number of carboxylic acids is 1. The zero-order valence-electron chi connectivity index (χ0n) is 21.6. The lowest BCUT2D eigenvalue weighted by Gasteiger charge is -2.37. The van der Waals surface area contributed by atoms with Crippen molar-refractivity contribution in [3.8, 4) is 0 Å². The highest BCUT2D eigenvalue weighted by atomic mass is 16.4. The molecule has 1 amide bonds. The van der Waals surface area contributed by atoms with E-state index in [2.05, 4.69) is 48.2 Å². The van der Waals surface area contributed by atoms with E-state index in [-0.39, 0.29) is 11.8 Å². The molecule has 0 bridgehead atoms. The molecule has 36 heavy (non-hydrogen) atoms. The van der Waals surface area contributed by atoms with E-state index in [9.17, 15) is 9.59 Å². The summed E-state index contributed by atoms with van der Waals surface area (Å²) < 4.78 is 0. The number of carbonyl (C=O) groups excluding carboxylic acids is 1. The number of amides is 1. The molecule has 1 heterocycles. The quantitative estimate of drug-likeness (QED) is 0.483. The van der Waals surface area contributed by atoms with Crippen LogP contribution < -0.4 is 14.7 Å². The van der Waals surface area contributed by atoms with Gasteiger partial charge in [0.05, 0.1) is 0 Å². The molecule has 6 nitrogen and oxygen atoms in total. The van der Waals surface area contributed by atoms with Gasteiger partial charge in [0.1, 0.15) is 0 Å². The lowest BCUT2D eigenvalue weighted by molar-refractivity contribution is -0.131. The molecule has 2 aliphatic rings. The summed E-state index contributed by atoms with van der Waals surface area (Å²) in [5, 5.41) is 9.01. The molecule has 0 atom stereocenters. The summed E-state index contributed by atoms with van der Waals surface area (Å²) in [6.07, 6.45) is 10.2. The molecule has 1 saturated heterocycles. The average Bonchev–Trinajstić information content (AvgIpc) is 2.91. The first kappa shape index (κ1) is 25.8. The maximum absolute atomic E-state index is 13.7. The van der Waals surface area contributed by atoms with Crippen LogP contribution in [0.2, 0.25) is 0 Å². The summed E-state index contributed by atoms with van der Waals surface area (Å²) in [6.45, 7) is 2.69. The highest BCUT2D eigenvalue weighted by molar-refractivity contribution is 5.95. The molecule has 6 heteroatoms. The SMILES string of the molecule is CN(C)c1ccc(N2CCC(CN(C(=O)C3CCCCC3)c3cccc(C=CC(=O)O)c3)CC2)cc1. The molecule has 1 N–H and O–H groups in total. The topological polar surface area (TPSA) is 64.1 Å². The minimum atomic E-state index is -0.973. The molecule has 0 aromatic heterocycles. The Kier molecular flexibility index (Phi) is 8.68. The average molecular weight is 490 g/mol. The van der Waals surface area contributed by atoms with E-state index in [0.29, 0.717) is 5.92 Å². The van der Waals surface area contributed by atoms with E-state index < -0.39 is 5.97 Å². The predicted molar refractivity (Wildman–Crippen MR) is 148 cm³/mol. The molecule has 4 rings (SSSR count). The Morgan fingerprint density at radius 2 is 1.64 bits per heavy atom. The summed E-state index contributed by atoms with van der Waals surface area (Å²) in [7, 11) is 4.11. The normalized spacial score (nSPS) is 17.3. The molecule has 2 aromatic rings. The number of carbonyl (C=O) groups is 2. The standard InChI is InChI=1S/C30H39N3O3/c1-31(2)26-12-14-27(15-13-26)32-19-17-24(18-20-32)22-33(30(36)25-8-4-3-5-9-25)28-10-6-7-23(21-28)11-16-29(34)35/h6-7,10-16,21,24-25H,3-5,8-9,17-20,22H2,1-2H3,(H,34,35). The Balaban J connectivity index is 1.46. The number of aliphatic carboxylic acids is 1. The monoisotopic (exact) mass is 489 g/mol. The van der Waals surface area contributed by atoms with Crippen molar-refractivity contribution in [2.24, 2.45) is 11.8 Å². The largest absolute Gasteiger partial charge is 0.478 e. The third-order valence-electron chi connectivity index (χ3n) is 7.61. The van der Waals surface area contributed by atoms with Gasteiger partial charge in [0.2, 0.25) is 5.91 Å². The van der Waals surface area contributed by atoms with Crippen LogP contribution in [0.25, 0.3) is 6.08 Å². The second kappa shape index (κ2) is 12.1. The van der Waals surface area contributed by atoms with Crippen molar-refractivity contribution in [2.75, 3.05) is 48.4 Å². The second-order valence-corrected chi connectivity index (χ2v) is 10.4. The molecule has 1 aliphatic carbocycles. The van der Waals surface area contributed by atoms with Crippen LogP contribution in [0.1, 0.15) is 50.5 Å². The van der Waals surface area contributed by atoms with Crippen LogP contribution in [-0.2, 0) is 9.59 Å². The summed E-state index contributed by atoms with van der Waals surface area (Å²) in [4.78, 5) is 31.3. The van der Waals surface area contributed by atoms with E-state index in [4.69, 9.17) is 5.11 Å².